The Morgan fingerprint density at radius 3 is 2.54 bits per heavy atom. The maximum absolute atomic E-state index is 12.3. The molecule has 0 fully saturated rings. The zero-order valence-electron chi connectivity index (χ0n) is 7.05. The third-order valence-electron chi connectivity index (χ3n) is 1.69. The molecule has 0 aliphatic carbocycles. The van der Waals surface area contributed by atoms with Gasteiger partial charge in [0.15, 0.2) is 5.78 Å². The van der Waals surface area contributed by atoms with Crippen molar-refractivity contribution in [1.29, 1.82) is 0 Å². The minimum Gasteiger partial charge on any atom is -0.399 e. The summed E-state index contributed by atoms with van der Waals surface area (Å²) in [4.78, 5) is 10.9. The van der Waals surface area contributed by atoms with Crippen molar-refractivity contribution in [2.24, 2.45) is 0 Å². The third kappa shape index (κ3) is 2.02. The quantitative estimate of drug-likeness (QED) is 0.568. The summed E-state index contributed by atoms with van der Waals surface area (Å²) in [6.45, 7) is 1.24. The number of benzene rings is 1. The topological polar surface area (TPSA) is 43.1 Å². The molecule has 0 bridgehead atoms. The number of hydrogen-bond acceptors (Lipinski definition) is 2. The number of rotatable bonds is 2. The summed E-state index contributed by atoms with van der Waals surface area (Å²) in [6.07, 6.45) is -2.64. The van der Waals surface area contributed by atoms with Crippen LogP contribution >= 0.6 is 0 Å². The summed E-state index contributed by atoms with van der Waals surface area (Å²) in [6, 6.07) is 3.80. The van der Waals surface area contributed by atoms with Crippen LogP contribution in [-0.2, 0) is 0 Å². The Bertz CT molecular complexity index is 336. The van der Waals surface area contributed by atoms with Crippen molar-refractivity contribution in [3.05, 3.63) is 29.3 Å². The fourth-order valence-corrected chi connectivity index (χ4v) is 1.07. The summed E-state index contributed by atoms with van der Waals surface area (Å²) in [5.74, 6) is -0.400. The van der Waals surface area contributed by atoms with Crippen LogP contribution in [0, 0.1) is 0 Å². The molecule has 0 spiro atoms. The summed E-state index contributed by atoms with van der Waals surface area (Å²) >= 11 is 0. The van der Waals surface area contributed by atoms with Gasteiger partial charge >= 0.3 is 0 Å². The Hall–Kier alpha value is -1.45. The van der Waals surface area contributed by atoms with Crippen LogP contribution < -0.4 is 5.73 Å². The van der Waals surface area contributed by atoms with Gasteiger partial charge in [-0.1, -0.05) is 6.07 Å². The van der Waals surface area contributed by atoms with Crippen LogP contribution in [0.3, 0.4) is 0 Å². The second-order valence-corrected chi connectivity index (χ2v) is 2.70. The van der Waals surface area contributed by atoms with E-state index in [9.17, 15) is 13.6 Å². The Morgan fingerprint density at radius 1 is 1.46 bits per heavy atom. The van der Waals surface area contributed by atoms with Crippen molar-refractivity contribution in [1.82, 2.24) is 0 Å². The molecule has 13 heavy (non-hydrogen) atoms. The Kier molecular flexibility index (Phi) is 2.60. The van der Waals surface area contributed by atoms with E-state index in [0.29, 0.717) is 5.69 Å². The van der Waals surface area contributed by atoms with E-state index in [1.165, 1.54) is 25.1 Å². The average molecular weight is 185 g/mol. The van der Waals surface area contributed by atoms with E-state index >= 15 is 0 Å². The van der Waals surface area contributed by atoms with Gasteiger partial charge in [0.2, 0.25) is 0 Å². The molecular weight excluding hydrogens is 176 g/mol. The van der Waals surface area contributed by atoms with Crippen LogP contribution in [0.1, 0.15) is 29.3 Å². The van der Waals surface area contributed by atoms with Gasteiger partial charge in [-0.3, -0.25) is 4.79 Å². The number of carbonyl (C=O) groups is 1. The fourth-order valence-electron chi connectivity index (χ4n) is 1.07. The molecule has 70 valence electrons. The van der Waals surface area contributed by atoms with Gasteiger partial charge in [-0.25, -0.2) is 8.78 Å². The predicted molar refractivity (Wildman–Crippen MR) is 45.8 cm³/mol. The summed E-state index contributed by atoms with van der Waals surface area (Å²) < 4.78 is 24.7. The van der Waals surface area contributed by atoms with Gasteiger partial charge in [-0.2, -0.15) is 0 Å². The molecule has 0 aliphatic heterocycles. The van der Waals surface area contributed by atoms with Gasteiger partial charge in [0.25, 0.3) is 6.43 Å². The molecule has 0 aliphatic rings. The summed E-state index contributed by atoms with van der Waals surface area (Å²) in [7, 11) is 0. The fraction of sp³-hybridized carbons (Fsp3) is 0.222. The summed E-state index contributed by atoms with van der Waals surface area (Å²) in [5, 5.41) is 0. The van der Waals surface area contributed by atoms with E-state index in [2.05, 4.69) is 0 Å². The molecule has 0 saturated carbocycles. The first-order chi connectivity index (χ1) is 6.02. The molecule has 0 radical (unpaired) electrons. The molecule has 0 amide bonds. The zero-order chi connectivity index (χ0) is 10.0. The minimum absolute atomic E-state index is 0.00463. The Balaban J connectivity index is 3.27. The maximum Gasteiger partial charge on any atom is 0.264 e. The van der Waals surface area contributed by atoms with Gasteiger partial charge in [-0.05, 0) is 19.1 Å². The number of nitrogen functional groups attached to an aromatic ring is 1. The molecule has 0 atom stereocenters. The van der Waals surface area contributed by atoms with Crippen LogP contribution in [0.2, 0.25) is 0 Å². The number of halogens is 2. The Labute approximate surface area is 74.4 Å². The molecular formula is C9H9F2NO. The third-order valence-corrected chi connectivity index (χ3v) is 1.69. The largest absolute Gasteiger partial charge is 0.399 e. The van der Waals surface area contributed by atoms with Crippen LogP contribution in [0.4, 0.5) is 14.5 Å². The molecule has 1 aromatic carbocycles. The molecule has 0 unspecified atom stereocenters. The van der Waals surface area contributed by atoms with Gasteiger partial charge in [0.1, 0.15) is 0 Å². The monoisotopic (exact) mass is 185 g/mol. The smallest absolute Gasteiger partial charge is 0.264 e. The lowest BCUT2D eigenvalue weighted by atomic mass is 10.0. The number of alkyl halides is 2. The van der Waals surface area contributed by atoms with Gasteiger partial charge in [-0.15, -0.1) is 0 Å². The highest BCUT2D eigenvalue weighted by Crippen LogP contribution is 2.24. The number of carbonyl (C=O) groups excluding carboxylic acids is 1. The van der Waals surface area contributed by atoms with Gasteiger partial charge in [0.05, 0.1) is 0 Å². The standard InChI is InChI=1S/C9H9F2NO/c1-5(13)8-4-6(12)2-3-7(8)9(10)11/h2-4,9H,12H2,1H3. The second-order valence-electron chi connectivity index (χ2n) is 2.70. The number of anilines is 1. The van der Waals surface area contributed by atoms with Crippen LogP contribution in [0.15, 0.2) is 18.2 Å². The van der Waals surface area contributed by atoms with Crippen LogP contribution in [0.5, 0.6) is 0 Å². The van der Waals surface area contributed by atoms with Crippen molar-refractivity contribution >= 4 is 11.5 Å². The number of nitrogens with two attached hydrogens (primary N) is 1. The Morgan fingerprint density at radius 2 is 2.08 bits per heavy atom. The lowest BCUT2D eigenvalue weighted by Crippen LogP contribution is -2.01. The van der Waals surface area contributed by atoms with Gasteiger partial charge < -0.3 is 5.73 Å². The van der Waals surface area contributed by atoms with Crippen molar-refractivity contribution in [3.8, 4) is 0 Å². The normalized spacial score (nSPS) is 10.5. The van der Waals surface area contributed by atoms with Crippen molar-refractivity contribution < 1.29 is 13.6 Å². The first-order valence-corrected chi connectivity index (χ1v) is 3.71. The van der Waals surface area contributed by atoms with E-state index in [4.69, 9.17) is 5.73 Å². The van der Waals surface area contributed by atoms with Crippen molar-refractivity contribution in [3.63, 3.8) is 0 Å². The number of ketones is 1. The van der Waals surface area contributed by atoms with E-state index in [0.717, 1.165) is 0 Å². The lowest BCUT2D eigenvalue weighted by molar-refractivity contribution is 0.0999. The zero-order valence-corrected chi connectivity index (χ0v) is 7.05. The van der Waals surface area contributed by atoms with Gasteiger partial charge in [0, 0.05) is 16.8 Å². The number of Topliss-reactive ketones (excluding diaryl/α,β-unsaturated/α-hetero) is 1. The van der Waals surface area contributed by atoms with Crippen LogP contribution in [-0.4, -0.2) is 5.78 Å². The molecule has 2 N–H and O–H groups in total. The van der Waals surface area contributed by atoms with E-state index in [1.807, 2.05) is 0 Å². The summed E-state index contributed by atoms with van der Waals surface area (Å²) in [5.41, 5.74) is 5.42. The molecule has 1 aromatic rings. The van der Waals surface area contributed by atoms with Crippen molar-refractivity contribution in [2.75, 3.05) is 5.73 Å². The molecule has 0 saturated heterocycles. The maximum atomic E-state index is 12.3. The van der Waals surface area contributed by atoms with Crippen LogP contribution in [0.25, 0.3) is 0 Å². The average Bonchev–Trinajstić information content (AvgIpc) is 2.03. The van der Waals surface area contributed by atoms with Crippen molar-refractivity contribution in [2.45, 2.75) is 13.3 Å². The van der Waals surface area contributed by atoms with E-state index < -0.39 is 12.2 Å². The van der Waals surface area contributed by atoms with E-state index in [-0.39, 0.29) is 11.1 Å². The molecule has 0 heterocycles. The SMILES string of the molecule is CC(=O)c1cc(N)ccc1C(F)F. The number of hydrogen-bond donors (Lipinski definition) is 1. The molecule has 0 aromatic heterocycles. The highest BCUT2D eigenvalue weighted by Gasteiger charge is 2.15. The second kappa shape index (κ2) is 3.51. The van der Waals surface area contributed by atoms with E-state index in [1.54, 1.807) is 0 Å². The minimum atomic E-state index is -2.64. The molecule has 4 heteroatoms. The molecule has 1 rings (SSSR count). The first kappa shape index (κ1) is 9.64. The predicted octanol–water partition coefficient (Wildman–Crippen LogP) is 2.41. The highest BCUT2D eigenvalue weighted by atomic mass is 19.3. The highest BCUT2D eigenvalue weighted by molar-refractivity contribution is 5.96. The first-order valence-electron chi connectivity index (χ1n) is 3.71. The lowest BCUT2D eigenvalue weighted by Gasteiger charge is -2.06. The molecule has 2 nitrogen and oxygen atoms in total.